The number of fused-ring (bicyclic) bond motifs is 1. The molecule has 2 saturated heterocycles. The number of halogens is 1. The predicted octanol–water partition coefficient (Wildman–Crippen LogP) is 1.57. The summed E-state index contributed by atoms with van der Waals surface area (Å²) in [7, 11) is 0. The van der Waals surface area contributed by atoms with E-state index in [0.717, 1.165) is 5.56 Å². The minimum absolute atomic E-state index is 0.124. The van der Waals surface area contributed by atoms with E-state index < -0.39 is 5.91 Å². The SMILES string of the molecule is NC(=O)c1cccnc1N1C[C@@H]2OC(=O)N(CCc3ccc(F)cc3)[C@@H]2C1. The molecular weight excluding hydrogens is 351 g/mol. The summed E-state index contributed by atoms with van der Waals surface area (Å²) in [6.45, 7) is 1.45. The zero-order valence-corrected chi connectivity index (χ0v) is 14.5. The molecule has 7 nitrogen and oxygen atoms in total. The molecule has 2 fully saturated rings. The Balaban J connectivity index is 1.47. The lowest BCUT2D eigenvalue weighted by molar-refractivity contribution is 0.0999. The van der Waals surface area contributed by atoms with Crippen molar-refractivity contribution in [3.8, 4) is 0 Å². The van der Waals surface area contributed by atoms with Gasteiger partial charge in [-0.25, -0.2) is 14.2 Å². The van der Waals surface area contributed by atoms with Gasteiger partial charge in [-0.15, -0.1) is 0 Å². The molecule has 2 atom stereocenters. The van der Waals surface area contributed by atoms with Gasteiger partial charge < -0.3 is 15.4 Å². The number of carbonyl (C=O) groups excluding carboxylic acids is 2. The molecule has 140 valence electrons. The van der Waals surface area contributed by atoms with E-state index in [9.17, 15) is 14.0 Å². The zero-order valence-electron chi connectivity index (χ0n) is 14.5. The van der Waals surface area contributed by atoms with Gasteiger partial charge in [-0.3, -0.25) is 9.69 Å². The number of hydrogen-bond donors (Lipinski definition) is 1. The molecule has 27 heavy (non-hydrogen) atoms. The number of ether oxygens (including phenoxy) is 1. The number of pyridine rings is 1. The molecule has 0 aliphatic carbocycles. The van der Waals surface area contributed by atoms with Crippen molar-refractivity contribution in [2.45, 2.75) is 18.6 Å². The van der Waals surface area contributed by atoms with Gasteiger partial charge >= 0.3 is 6.09 Å². The lowest BCUT2D eigenvalue weighted by Crippen LogP contribution is -2.39. The van der Waals surface area contributed by atoms with Crippen molar-refractivity contribution in [3.05, 3.63) is 59.5 Å². The van der Waals surface area contributed by atoms with Gasteiger partial charge in [0.25, 0.3) is 5.91 Å². The number of amides is 2. The second-order valence-electron chi connectivity index (χ2n) is 6.70. The first kappa shape index (κ1) is 17.3. The summed E-state index contributed by atoms with van der Waals surface area (Å²) in [4.78, 5) is 31.8. The Kier molecular flexibility index (Phi) is 4.39. The van der Waals surface area contributed by atoms with Crippen molar-refractivity contribution in [1.29, 1.82) is 0 Å². The van der Waals surface area contributed by atoms with E-state index in [0.29, 0.717) is 37.4 Å². The maximum atomic E-state index is 13.0. The molecule has 1 aromatic carbocycles. The van der Waals surface area contributed by atoms with Crippen LogP contribution in [0.25, 0.3) is 0 Å². The second kappa shape index (κ2) is 6.86. The van der Waals surface area contributed by atoms with Crippen LogP contribution in [0, 0.1) is 5.82 Å². The van der Waals surface area contributed by atoms with E-state index in [1.165, 1.54) is 12.1 Å². The summed E-state index contributed by atoms with van der Waals surface area (Å²) in [6, 6.07) is 9.41. The normalized spacial score (nSPS) is 21.3. The summed E-state index contributed by atoms with van der Waals surface area (Å²) in [5.41, 5.74) is 6.74. The molecule has 2 N–H and O–H groups in total. The highest BCUT2D eigenvalue weighted by Crippen LogP contribution is 2.31. The van der Waals surface area contributed by atoms with Gasteiger partial charge in [0, 0.05) is 19.3 Å². The first-order valence-electron chi connectivity index (χ1n) is 8.74. The minimum Gasteiger partial charge on any atom is -0.442 e. The van der Waals surface area contributed by atoms with Gasteiger partial charge in [-0.1, -0.05) is 12.1 Å². The van der Waals surface area contributed by atoms with Crippen molar-refractivity contribution in [2.24, 2.45) is 5.73 Å². The smallest absolute Gasteiger partial charge is 0.410 e. The van der Waals surface area contributed by atoms with Crippen LogP contribution in [-0.4, -0.2) is 53.7 Å². The molecule has 2 aromatic rings. The van der Waals surface area contributed by atoms with Crippen LogP contribution < -0.4 is 10.6 Å². The highest BCUT2D eigenvalue weighted by atomic mass is 19.1. The lowest BCUT2D eigenvalue weighted by Gasteiger charge is -2.24. The molecule has 2 amide bonds. The number of nitrogens with two attached hydrogens (primary N) is 1. The molecule has 0 saturated carbocycles. The molecule has 4 rings (SSSR count). The molecule has 0 spiro atoms. The van der Waals surface area contributed by atoms with Gasteiger partial charge in [0.2, 0.25) is 0 Å². The largest absolute Gasteiger partial charge is 0.442 e. The number of rotatable bonds is 5. The van der Waals surface area contributed by atoms with Crippen LogP contribution in [0.4, 0.5) is 15.0 Å². The Hall–Kier alpha value is -3.16. The Bertz CT molecular complexity index is 874. The molecule has 1 aromatic heterocycles. The first-order valence-corrected chi connectivity index (χ1v) is 8.74. The van der Waals surface area contributed by atoms with Crippen LogP contribution in [-0.2, 0) is 11.2 Å². The van der Waals surface area contributed by atoms with Crippen LogP contribution in [0.1, 0.15) is 15.9 Å². The molecule has 2 aliphatic heterocycles. The molecule has 2 aliphatic rings. The number of primary amides is 1. The second-order valence-corrected chi connectivity index (χ2v) is 6.70. The Morgan fingerprint density at radius 3 is 2.78 bits per heavy atom. The first-order chi connectivity index (χ1) is 13.0. The fourth-order valence-corrected chi connectivity index (χ4v) is 3.68. The van der Waals surface area contributed by atoms with Crippen molar-refractivity contribution in [2.75, 3.05) is 24.5 Å². The highest BCUT2D eigenvalue weighted by molar-refractivity contribution is 5.97. The van der Waals surface area contributed by atoms with E-state index in [-0.39, 0.29) is 24.1 Å². The van der Waals surface area contributed by atoms with Gasteiger partial charge in [-0.05, 0) is 36.2 Å². The number of benzene rings is 1. The van der Waals surface area contributed by atoms with Crippen LogP contribution in [0.3, 0.4) is 0 Å². The number of nitrogens with zero attached hydrogens (tertiary/aromatic N) is 3. The molecule has 3 heterocycles. The number of hydrogen-bond acceptors (Lipinski definition) is 5. The van der Waals surface area contributed by atoms with E-state index in [1.54, 1.807) is 35.4 Å². The third-order valence-electron chi connectivity index (χ3n) is 5.03. The van der Waals surface area contributed by atoms with Crippen LogP contribution in [0.5, 0.6) is 0 Å². The maximum absolute atomic E-state index is 13.0. The van der Waals surface area contributed by atoms with E-state index in [2.05, 4.69) is 4.98 Å². The van der Waals surface area contributed by atoms with Gasteiger partial charge in [0.15, 0.2) is 0 Å². The lowest BCUT2D eigenvalue weighted by atomic mass is 10.1. The Morgan fingerprint density at radius 1 is 1.26 bits per heavy atom. The average molecular weight is 370 g/mol. The quantitative estimate of drug-likeness (QED) is 0.863. The van der Waals surface area contributed by atoms with Crippen molar-refractivity contribution >= 4 is 17.8 Å². The van der Waals surface area contributed by atoms with Gasteiger partial charge in [0.1, 0.15) is 17.7 Å². The summed E-state index contributed by atoms with van der Waals surface area (Å²) < 4.78 is 18.5. The van der Waals surface area contributed by atoms with E-state index >= 15 is 0 Å². The van der Waals surface area contributed by atoms with Crippen LogP contribution in [0.15, 0.2) is 42.6 Å². The topological polar surface area (TPSA) is 88.8 Å². The molecule has 8 heteroatoms. The number of aromatic nitrogens is 1. The Labute approximate surface area is 155 Å². The summed E-state index contributed by atoms with van der Waals surface area (Å²) in [5.74, 6) is -0.319. The highest BCUT2D eigenvalue weighted by Gasteiger charge is 2.48. The molecule has 0 bridgehead atoms. The summed E-state index contributed by atoms with van der Waals surface area (Å²) >= 11 is 0. The van der Waals surface area contributed by atoms with E-state index in [4.69, 9.17) is 10.5 Å². The monoisotopic (exact) mass is 370 g/mol. The summed E-state index contributed by atoms with van der Waals surface area (Å²) in [5, 5.41) is 0. The zero-order chi connectivity index (χ0) is 19.0. The standard InChI is InChI=1S/C19H19FN4O3/c20-13-5-3-12(4-6-13)7-9-24-15-10-23(11-16(15)27-19(24)26)18-14(17(21)25)2-1-8-22-18/h1-6,8,15-16H,7,9-11H2,(H2,21,25)/t15-,16+/m1/s1. The fraction of sp³-hybridized carbons (Fsp3) is 0.316. The molecule has 0 unspecified atom stereocenters. The minimum atomic E-state index is -0.541. The maximum Gasteiger partial charge on any atom is 0.410 e. The van der Waals surface area contributed by atoms with E-state index in [1.807, 2.05) is 4.90 Å². The fourth-order valence-electron chi connectivity index (χ4n) is 3.68. The third-order valence-corrected chi connectivity index (χ3v) is 5.03. The van der Waals surface area contributed by atoms with Crippen LogP contribution >= 0.6 is 0 Å². The average Bonchev–Trinajstić information content (AvgIpc) is 3.18. The Morgan fingerprint density at radius 2 is 2.04 bits per heavy atom. The van der Waals surface area contributed by atoms with Crippen LogP contribution in [0.2, 0.25) is 0 Å². The number of carbonyl (C=O) groups is 2. The summed E-state index contributed by atoms with van der Waals surface area (Å²) in [6.07, 6.45) is 1.58. The van der Waals surface area contributed by atoms with Crippen molar-refractivity contribution in [1.82, 2.24) is 9.88 Å². The third kappa shape index (κ3) is 3.30. The predicted molar refractivity (Wildman–Crippen MR) is 95.8 cm³/mol. The van der Waals surface area contributed by atoms with Gasteiger partial charge in [-0.2, -0.15) is 0 Å². The molecular formula is C19H19FN4O3. The molecule has 0 radical (unpaired) electrons. The van der Waals surface area contributed by atoms with Gasteiger partial charge in [0.05, 0.1) is 18.2 Å². The van der Waals surface area contributed by atoms with Crippen molar-refractivity contribution < 1.29 is 18.7 Å². The van der Waals surface area contributed by atoms with Crippen molar-refractivity contribution in [3.63, 3.8) is 0 Å². The number of anilines is 1.